The van der Waals surface area contributed by atoms with E-state index in [1.165, 1.54) is 6.20 Å². The Morgan fingerprint density at radius 3 is 2.92 bits per heavy atom. The Kier molecular flexibility index (Phi) is 2.97. The van der Waals surface area contributed by atoms with Gasteiger partial charge in [0.2, 0.25) is 5.91 Å². The van der Waals surface area contributed by atoms with Gasteiger partial charge in [-0.25, -0.2) is 0 Å². The summed E-state index contributed by atoms with van der Waals surface area (Å²) in [6.07, 6.45) is 1.47. The smallest absolute Gasteiger partial charge is 0.272 e. The molecule has 0 bridgehead atoms. The van der Waals surface area contributed by atoms with Crippen molar-refractivity contribution in [2.45, 2.75) is 4.90 Å². The number of carbonyl (C=O) groups is 1. The maximum atomic E-state index is 11.0. The number of rotatable bonds is 3. The van der Waals surface area contributed by atoms with Crippen molar-refractivity contribution in [3.63, 3.8) is 0 Å². The Hall–Kier alpha value is -1.43. The third-order valence-electron chi connectivity index (χ3n) is 1.33. The van der Waals surface area contributed by atoms with Gasteiger partial charge in [0.25, 0.3) is 5.56 Å². The summed E-state index contributed by atoms with van der Waals surface area (Å²) in [6.45, 7) is 0. The first-order valence-corrected chi connectivity index (χ1v) is 4.48. The summed E-state index contributed by atoms with van der Waals surface area (Å²) in [5.41, 5.74) is 10.2. The zero-order valence-corrected chi connectivity index (χ0v) is 7.56. The lowest BCUT2D eigenvalue weighted by Crippen LogP contribution is -2.15. The molecule has 1 aromatic heterocycles. The highest BCUT2D eigenvalue weighted by Gasteiger charge is 2.04. The molecule has 0 radical (unpaired) electrons. The molecule has 0 aliphatic heterocycles. The zero-order chi connectivity index (χ0) is 9.84. The Morgan fingerprint density at radius 2 is 2.31 bits per heavy atom. The molecule has 5 nitrogen and oxygen atoms in total. The van der Waals surface area contributed by atoms with E-state index in [9.17, 15) is 9.59 Å². The first-order chi connectivity index (χ1) is 6.11. The molecule has 0 aromatic carbocycles. The summed E-state index contributed by atoms with van der Waals surface area (Å²) in [7, 11) is 0. The molecule has 0 unspecified atom stereocenters. The highest BCUT2D eigenvalue weighted by atomic mass is 32.2. The maximum absolute atomic E-state index is 11.0. The van der Waals surface area contributed by atoms with Gasteiger partial charge in [-0.3, -0.25) is 9.59 Å². The predicted octanol–water partition coefficient (Wildman–Crippen LogP) is -0.465. The lowest BCUT2D eigenvalue weighted by Gasteiger charge is -2.00. The molecule has 1 amide bonds. The molecule has 5 N–H and O–H groups in total. The van der Waals surface area contributed by atoms with Crippen LogP contribution in [0.2, 0.25) is 0 Å². The summed E-state index contributed by atoms with van der Waals surface area (Å²) in [6, 6.07) is 1.63. The topological polar surface area (TPSA) is 102 Å². The molecule has 0 spiro atoms. The molecule has 70 valence electrons. The van der Waals surface area contributed by atoms with E-state index in [-0.39, 0.29) is 17.0 Å². The normalized spacial score (nSPS) is 9.85. The van der Waals surface area contributed by atoms with Crippen molar-refractivity contribution in [1.29, 1.82) is 0 Å². The quantitative estimate of drug-likeness (QED) is 0.573. The average molecular weight is 199 g/mol. The van der Waals surface area contributed by atoms with Gasteiger partial charge in [0.05, 0.1) is 5.75 Å². The van der Waals surface area contributed by atoms with Crippen molar-refractivity contribution >= 4 is 23.4 Å². The van der Waals surface area contributed by atoms with E-state index in [0.717, 1.165) is 11.8 Å². The number of carbonyl (C=O) groups excluding carboxylic acids is 1. The van der Waals surface area contributed by atoms with E-state index in [1.807, 2.05) is 0 Å². The fraction of sp³-hybridized carbons (Fsp3) is 0.143. The van der Waals surface area contributed by atoms with Crippen molar-refractivity contribution in [2.75, 3.05) is 11.5 Å². The molecular formula is C7H9N3O2S. The number of hydrogen-bond acceptors (Lipinski definition) is 4. The molecule has 1 rings (SSSR count). The summed E-state index contributed by atoms with van der Waals surface area (Å²) in [4.78, 5) is 24.4. The van der Waals surface area contributed by atoms with E-state index < -0.39 is 5.91 Å². The minimum atomic E-state index is -0.440. The minimum Gasteiger partial charge on any atom is -0.393 e. The molecule has 0 aliphatic carbocycles. The summed E-state index contributed by atoms with van der Waals surface area (Å²) < 4.78 is 0. The second-order valence-corrected chi connectivity index (χ2v) is 3.36. The largest absolute Gasteiger partial charge is 0.393 e. The van der Waals surface area contributed by atoms with Gasteiger partial charge in [-0.2, -0.15) is 0 Å². The van der Waals surface area contributed by atoms with Crippen LogP contribution < -0.4 is 17.0 Å². The van der Waals surface area contributed by atoms with Crippen molar-refractivity contribution in [3.05, 3.63) is 22.6 Å². The Labute approximate surface area is 78.5 Å². The van der Waals surface area contributed by atoms with Gasteiger partial charge < -0.3 is 16.5 Å². The van der Waals surface area contributed by atoms with Gasteiger partial charge in [0, 0.05) is 11.1 Å². The molecule has 0 fully saturated rings. The fourth-order valence-corrected chi connectivity index (χ4v) is 1.46. The summed E-state index contributed by atoms with van der Waals surface area (Å²) in [5, 5.41) is 0. The number of nitrogens with two attached hydrogens (primary N) is 2. The summed E-state index contributed by atoms with van der Waals surface area (Å²) in [5.74, 6) is -0.321. The first-order valence-electron chi connectivity index (χ1n) is 3.49. The van der Waals surface area contributed by atoms with Crippen LogP contribution in [0.5, 0.6) is 0 Å². The number of aromatic nitrogens is 1. The number of anilines is 1. The van der Waals surface area contributed by atoms with Crippen LogP contribution in [0.25, 0.3) is 0 Å². The standard InChI is InChI=1S/C7H9N3O2S/c8-5(11)3-13-4-1-2-10-7(12)6(4)9/h1-2H,3,9H2,(H2,8,11)(H,10,12). The van der Waals surface area contributed by atoms with Gasteiger partial charge in [-0.1, -0.05) is 0 Å². The number of hydrogen-bond donors (Lipinski definition) is 3. The molecule has 6 heteroatoms. The molecule has 1 heterocycles. The second kappa shape index (κ2) is 3.99. The molecule has 13 heavy (non-hydrogen) atoms. The van der Waals surface area contributed by atoms with Crippen LogP contribution in [0.15, 0.2) is 22.0 Å². The van der Waals surface area contributed by atoms with Gasteiger partial charge in [0.15, 0.2) is 0 Å². The molecular weight excluding hydrogens is 190 g/mol. The lowest BCUT2D eigenvalue weighted by molar-refractivity contribution is -0.115. The van der Waals surface area contributed by atoms with E-state index in [2.05, 4.69) is 4.98 Å². The highest BCUT2D eigenvalue weighted by Crippen LogP contribution is 2.20. The van der Waals surface area contributed by atoms with Crippen molar-refractivity contribution < 1.29 is 4.79 Å². The molecule has 1 aromatic rings. The van der Waals surface area contributed by atoms with Crippen LogP contribution >= 0.6 is 11.8 Å². The Morgan fingerprint density at radius 1 is 1.62 bits per heavy atom. The van der Waals surface area contributed by atoms with Crippen LogP contribution in [0.4, 0.5) is 5.69 Å². The molecule has 0 aliphatic rings. The average Bonchev–Trinajstić information content (AvgIpc) is 2.07. The van der Waals surface area contributed by atoms with Crippen LogP contribution in [0.1, 0.15) is 0 Å². The van der Waals surface area contributed by atoms with E-state index in [4.69, 9.17) is 11.5 Å². The number of amides is 1. The van der Waals surface area contributed by atoms with Crippen LogP contribution in [-0.2, 0) is 4.79 Å². The molecule has 0 saturated carbocycles. The number of nitrogens with one attached hydrogen (secondary N) is 1. The Bertz CT molecular complexity index is 374. The van der Waals surface area contributed by atoms with Gasteiger partial charge in [-0.05, 0) is 6.07 Å². The van der Waals surface area contributed by atoms with E-state index in [1.54, 1.807) is 6.07 Å². The lowest BCUT2D eigenvalue weighted by atomic mass is 10.4. The van der Waals surface area contributed by atoms with Gasteiger partial charge >= 0.3 is 0 Å². The SMILES string of the molecule is NC(=O)CSc1cc[nH]c(=O)c1N. The van der Waals surface area contributed by atoms with E-state index >= 15 is 0 Å². The minimum absolute atomic E-state index is 0.119. The van der Waals surface area contributed by atoms with Crippen molar-refractivity contribution in [1.82, 2.24) is 4.98 Å². The number of pyridine rings is 1. The van der Waals surface area contributed by atoms with Crippen LogP contribution in [0, 0.1) is 0 Å². The van der Waals surface area contributed by atoms with Gasteiger partial charge in [0.1, 0.15) is 5.69 Å². The zero-order valence-electron chi connectivity index (χ0n) is 6.74. The third kappa shape index (κ3) is 2.51. The number of H-pyrrole nitrogens is 1. The van der Waals surface area contributed by atoms with Crippen molar-refractivity contribution in [2.24, 2.45) is 5.73 Å². The third-order valence-corrected chi connectivity index (χ3v) is 2.43. The summed E-state index contributed by atoms with van der Waals surface area (Å²) >= 11 is 1.15. The molecule has 0 saturated heterocycles. The fourth-order valence-electron chi connectivity index (χ4n) is 0.747. The van der Waals surface area contributed by atoms with Gasteiger partial charge in [-0.15, -0.1) is 11.8 Å². The number of aromatic amines is 1. The number of nitrogen functional groups attached to an aromatic ring is 1. The number of thioether (sulfide) groups is 1. The maximum Gasteiger partial charge on any atom is 0.272 e. The van der Waals surface area contributed by atoms with Crippen LogP contribution in [0.3, 0.4) is 0 Å². The van der Waals surface area contributed by atoms with Crippen molar-refractivity contribution in [3.8, 4) is 0 Å². The monoisotopic (exact) mass is 199 g/mol. The second-order valence-electron chi connectivity index (χ2n) is 2.34. The first kappa shape index (κ1) is 9.66. The van der Waals surface area contributed by atoms with E-state index in [0.29, 0.717) is 4.90 Å². The Balaban J connectivity index is 2.83. The molecule has 0 atom stereocenters. The highest BCUT2D eigenvalue weighted by molar-refractivity contribution is 8.00. The van der Waals surface area contributed by atoms with Crippen LogP contribution in [-0.4, -0.2) is 16.6 Å². The predicted molar refractivity (Wildman–Crippen MR) is 51.4 cm³/mol. The number of primary amides is 1.